The second kappa shape index (κ2) is 4.41. The molecule has 1 nitrogen and oxygen atoms in total. The normalized spacial score (nSPS) is 22.2. The minimum absolute atomic E-state index is 0.132. The summed E-state index contributed by atoms with van der Waals surface area (Å²) in [5.74, 6) is -0.132. The third-order valence-corrected chi connectivity index (χ3v) is 4.25. The standard InChI is InChI=1S/C15H20FN/c16-13-4-2-12(3-5-13)10-15(8-1-9-15)11-17-14-6-7-14/h2-5,14,17H,1,6-11H2. The maximum absolute atomic E-state index is 12.9. The van der Waals surface area contributed by atoms with Crippen LogP contribution in [0.5, 0.6) is 0 Å². The second-order valence-electron chi connectivity index (χ2n) is 5.81. The average Bonchev–Trinajstić information content (AvgIpc) is 3.08. The molecule has 0 atom stereocenters. The zero-order valence-corrected chi connectivity index (χ0v) is 10.2. The van der Waals surface area contributed by atoms with Gasteiger partial charge in [-0.15, -0.1) is 0 Å². The van der Waals surface area contributed by atoms with Crippen LogP contribution >= 0.6 is 0 Å². The summed E-state index contributed by atoms with van der Waals surface area (Å²) in [6.45, 7) is 1.15. The molecule has 2 aliphatic carbocycles. The molecule has 2 fully saturated rings. The number of hydrogen-bond acceptors (Lipinski definition) is 1. The minimum atomic E-state index is -0.132. The Morgan fingerprint density at radius 2 is 1.88 bits per heavy atom. The van der Waals surface area contributed by atoms with Gasteiger partial charge in [-0.2, -0.15) is 0 Å². The van der Waals surface area contributed by atoms with E-state index in [1.54, 1.807) is 12.1 Å². The molecule has 0 saturated heterocycles. The Kier molecular flexibility index (Phi) is 2.91. The summed E-state index contributed by atoms with van der Waals surface area (Å²) in [6.07, 6.45) is 7.81. The molecule has 0 aromatic heterocycles. The van der Waals surface area contributed by atoms with Gasteiger partial charge in [-0.25, -0.2) is 4.39 Å². The number of hydrogen-bond donors (Lipinski definition) is 1. The average molecular weight is 233 g/mol. The quantitative estimate of drug-likeness (QED) is 0.823. The van der Waals surface area contributed by atoms with Crippen molar-refractivity contribution >= 4 is 0 Å². The summed E-state index contributed by atoms with van der Waals surface area (Å²) in [6, 6.07) is 7.83. The van der Waals surface area contributed by atoms with Crippen molar-refractivity contribution in [2.75, 3.05) is 6.54 Å². The Balaban J connectivity index is 1.61. The molecule has 0 aliphatic heterocycles. The van der Waals surface area contributed by atoms with Crippen LogP contribution in [-0.4, -0.2) is 12.6 Å². The van der Waals surface area contributed by atoms with Crippen molar-refractivity contribution < 1.29 is 4.39 Å². The minimum Gasteiger partial charge on any atom is -0.313 e. The van der Waals surface area contributed by atoms with Crippen molar-refractivity contribution in [3.8, 4) is 0 Å². The van der Waals surface area contributed by atoms with Crippen molar-refractivity contribution in [3.63, 3.8) is 0 Å². The number of rotatable bonds is 5. The van der Waals surface area contributed by atoms with Gasteiger partial charge in [-0.05, 0) is 55.2 Å². The molecule has 0 heterocycles. The molecule has 3 rings (SSSR count). The van der Waals surface area contributed by atoms with E-state index in [1.165, 1.54) is 37.7 Å². The van der Waals surface area contributed by atoms with Crippen molar-refractivity contribution in [2.24, 2.45) is 5.41 Å². The van der Waals surface area contributed by atoms with Gasteiger partial charge in [-0.1, -0.05) is 18.6 Å². The highest BCUT2D eigenvalue weighted by atomic mass is 19.1. The van der Waals surface area contributed by atoms with Crippen molar-refractivity contribution in [3.05, 3.63) is 35.6 Å². The largest absolute Gasteiger partial charge is 0.313 e. The first-order valence-corrected chi connectivity index (χ1v) is 6.74. The maximum Gasteiger partial charge on any atom is 0.123 e. The highest BCUT2D eigenvalue weighted by molar-refractivity contribution is 5.19. The van der Waals surface area contributed by atoms with E-state index in [9.17, 15) is 4.39 Å². The molecule has 0 radical (unpaired) electrons. The van der Waals surface area contributed by atoms with Crippen molar-refractivity contribution in [1.29, 1.82) is 0 Å². The first-order valence-electron chi connectivity index (χ1n) is 6.74. The molecule has 0 unspecified atom stereocenters. The van der Waals surface area contributed by atoms with E-state index in [0.717, 1.165) is 19.0 Å². The van der Waals surface area contributed by atoms with E-state index in [0.29, 0.717) is 5.41 Å². The van der Waals surface area contributed by atoms with E-state index >= 15 is 0 Å². The zero-order valence-electron chi connectivity index (χ0n) is 10.2. The first-order chi connectivity index (χ1) is 8.26. The van der Waals surface area contributed by atoms with Gasteiger partial charge in [0.15, 0.2) is 0 Å². The predicted octanol–water partition coefficient (Wildman–Crippen LogP) is 3.29. The van der Waals surface area contributed by atoms with Crippen LogP contribution in [0.1, 0.15) is 37.7 Å². The van der Waals surface area contributed by atoms with Crippen LogP contribution in [-0.2, 0) is 6.42 Å². The number of nitrogens with one attached hydrogen (secondary N) is 1. The van der Waals surface area contributed by atoms with Gasteiger partial charge < -0.3 is 5.32 Å². The molecule has 92 valence electrons. The van der Waals surface area contributed by atoms with E-state index in [4.69, 9.17) is 0 Å². The fourth-order valence-corrected chi connectivity index (χ4v) is 2.78. The third-order valence-electron chi connectivity index (χ3n) is 4.25. The van der Waals surface area contributed by atoms with E-state index in [2.05, 4.69) is 5.32 Å². The van der Waals surface area contributed by atoms with Crippen LogP contribution in [0.4, 0.5) is 4.39 Å². The molecule has 1 aromatic rings. The Hall–Kier alpha value is -0.890. The summed E-state index contributed by atoms with van der Waals surface area (Å²) in [4.78, 5) is 0. The van der Waals surface area contributed by atoms with Gasteiger partial charge in [0.1, 0.15) is 5.82 Å². The lowest BCUT2D eigenvalue weighted by molar-refractivity contribution is 0.129. The molecule has 2 aliphatic rings. The summed E-state index contributed by atoms with van der Waals surface area (Å²) < 4.78 is 12.9. The Bertz CT molecular complexity index is 376. The molecule has 17 heavy (non-hydrogen) atoms. The van der Waals surface area contributed by atoms with Gasteiger partial charge in [0.2, 0.25) is 0 Å². The van der Waals surface area contributed by atoms with Crippen LogP contribution in [0.15, 0.2) is 24.3 Å². The maximum atomic E-state index is 12.9. The molecular formula is C15H20FN. The van der Waals surface area contributed by atoms with Gasteiger partial charge >= 0.3 is 0 Å². The number of halogens is 1. The Morgan fingerprint density at radius 1 is 1.18 bits per heavy atom. The zero-order chi connectivity index (χ0) is 11.7. The lowest BCUT2D eigenvalue weighted by atomic mass is 9.65. The van der Waals surface area contributed by atoms with Crippen LogP contribution < -0.4 is 5.32 Å². The monoisotopic (exact) mass is 233 g/mol. The molecule has 1 aromatic carbocycles. The van der Waals surface area contributed by atoms with Crippen molar-refractivity contribution in [1.82, 2.24) is 5.32 Å². The number of benzene rings is 1. The predicted molar refractivity (Wildman–Crippen MR) is 67.4 cm³/mol. The molecule has 2 heteroatoms. The molecular weight excluding hydrogens is 213 g/mol. The van der Waals surface area contributed by atoms with E-state index in [1.807, 2.05) is 12.1 Å². The van der Waals surface area contributed by atoms with Gasteiger partial charge in [-0.3, -0.25) is 0 Å². The fourth-order valence-electron chi connectivity index (χ4n) is 2.78. The van der Waals surface area contributed by atoms with Crippen LogP contribution in [0.25, 0.3) is 0 Å². The molecule has 0 amide bonds. The smallest absolute Gasteiger partial charge is 0.123 e. The van der Waals surface area contributed by atoms with Crippen LogP contribution in [0.2, 0.25) is 0 Å². The van der Waals surface area contributed by atoms with Gasteiger partial charge in [0.25, 0.3) is 0 Å². The SMILES string of the molecule is Fc1ccc(CC2(CNC3CC3)CCC2)cc1. The lowest BCUT2D eigenvalue weighted by Crippen LogP contribution is -2.42. The summed E-state index contributed by atoms with van der Waals surface area (Å²) in [7, 11) is 0. The van der Waals surface area contributed by atoms with Crippen LogP contribution in [0.3, 0.4) is 0 Å². The fraction of sp³-hybridized carbons (Fsp3) is 0.600. The molecule has 0 bridgehead atoms. The van der Waals surface area contributed by atoms with Crippen molar-refractivity contribution in [2.45, 2.75) is 44.6 Å². The molecule has 0 spiro atoms. The highest BCUT2D eigenvalue weighted by Gasteiger charge is 2.38. The lowest BCUT2D eigenvalue weighted by Gasteiger charge is -2.42. The molecule has 1 N–H and O–H groups in total. The Morgan fingerprint density at radius 3 is 2.41 bits per heavy atom. The Labute approximate surface area is 102 Å². The second-order valence-corrected chi connectivity index (χ2v) is 5.81. The summed E-state index contributed by atoms with van der Waals surface area (Å²) >= 11 is 0. The highest BCUT2D eigenvalue weighted by Crippen LogP contribution is 2.43. The topological polar surface area (TPSA) is 12.0 Å². The van der Waals surface area contributed by atoms with Gasteiger partial charge in [0.05, 0.1) is 0 Å². The first kappa shape index (κ1) is 11.2. The molecule has 2 saturated carbocycles. The van der Waals surface area contributed by atoms with E-state index in [-0.39, 0.29) is 5.82 Å². The third kappa shape index (κ3) is 2.68. The summed E-state index contributed by atoms with van der Waals surface area (Å²) in [5.41, 5.74) is 1.74. The van der Waals surface area contributed by atoms with Crippen LogP contribution in [0, 0.1) is 11.2 Å². The summed E-state index contributed by atoms with van der Waals surface area (Å²) in [5, 5.41) is 3.66. The van der Waals surface area contributed by atoms with Gasteiger partial charge in [0, 0.05) is 12.6 Å². The van der Waals surface area contributed by atoms with E-state index < -0.39 is 0 Å².